The highest BCUT2D eigenvalue weighted by atomic mass is 16.5. The number of imidazole rings is 1. The van der Waals surface area contributed by atoms with Gasteiger partial charge in [-0.15, -0.1) is 0 Å². The second-order valence-electron chi connectivity index (χ2n) is 3.61. The predicted molar refractivity (Wildman–Crippen MR) is 59.1 cm³/mol. The molecule has 1 fully saturated rings. The van der Waals surface area contributed by atoms with E-state index in [0.717, 1.165) is 24.4 Å². The Bertz CT molecular complexity index is 504. The second-order valence-corrected chi connectivity index (χ2v) is 3.61. The standard InChI is InChI=1S/C9H12N6O/c10-9-13-7-6(11-5-12-7)8(14-9)15-1-3-16-4-2-15/h5H,1-4H2,(H3,10,11,12,13,14). The van der Waals surface area contributed by atoms with Crippen LogP contribution in [0, 0.1) is 0 Å². The van der Waals surface area contributed by atoms with Crippen LogP contribution in [0.4, 0.5) is 11.8 Å². The van der Waals surface area contributed by atoms with E-state index in [-0.39, 0.29) is 5.95 Å². The minimum Gasteiger partial charge on any atom is -0.378 e. The molecule has 7 heteroatoms. The van der Waals surface area contributed by atoms with Crippen LogP contribution >= 0.6 is 0 Å². The van der Waals surface area contributed by atoms with Crippen molar-refractivity contribution in [2.24, 2.45) is 0 Å². The molecule has 0 amide bonds. The molecule has 1 aliphatic rings. The van der Waals surface area contributed by atoms with Gasteiger partial charge in [0.25, 0.3) is 0 Å². The zero-order valence-electron chi connectivity index (χ0n) is 8.68. The summed E-state index contributed by atoms with van der Waals surface area (Å²) in [7, 11) is 0. The molecule has 0 unspecified atom stereocenters. The highest BCUT2D eigenvalue weighted by molar-refractivity contribution is 5.84. The molecule has 16 heavy (non-hydrogen) atoms. The largest absolute Gasteiger partial charge is 0.378 e. The summed E-state index contributed by atoms with van der Waals surface area (Å²) in [6.07, 6.45) is 1.60. The lowest BCUT2D eigenvalue weighted by Crippen LogP contribution is -2.37. The maximum absolute atomic E-state index is 5.66. The fourth-order valence-electron chi connectivity index (χ4n) is 1.84. The van der Waals surface area contributed by atoms with Crippen LogP contribution in [0.2, 0.25) is 0 Å². The number of aromatic amines is 1. The first-order chi connectivity index (χ1) is 7.84. The van der Waals surface area contributed by atoms with E-state index in [0.29, 0.717) is 18.9 Å². The Balaban J connectivity index is 2.09. The first kappa shape index (κ1) is 9.34. The van der Waals surface area contributed by atoms with Crippen LogP contribution < -0.4 is 10.6 Å². The molecule has 3 rings (SSSR count). The van der Waals surface area contributed by atoms with Crippen molar-refractivity contribution in [3.63, 3.8) is 0 Å². The van der Waals surface area contributed by atoms with Gasteiger partial charge in [-0.05, 0) is 0 Å². The van der Waals surface area contributed by atoms with Crippen molar-refractivity contribution in [3.05, 3.63) is 6.33 Å². The molecule has 1 saturated heterocycles. The summed E-state index contributed by atoms with van der Waals surface area (Å²) in [6, 6.07) is 0. The molecule has 0 aliphatic carbocycles. The van der Waals surface area contributed by atoms with Crippen molar-refractivity contribution in [3.8, 4) is 0 Å². The number of anilines is 2. The summed E-state index contributed by atoms with van der Waals surface area (Å²) in [5.41, 5.74) is 7.09. The number of aromatic nitrogens is 4. The molecule has 84 valence electrons. The van der Waals surface area contributed by atoms with Gasteiger partial charge in [-0.3, -0.25) is 0 Å². The number of nitrogens with zero attached hydrogens (tertiary/aromatic N) is 4. The van der Waals surface area contributed by atoms with E-state index in [2.05, 4.69) is 24.8 Å². The summed E-state index contributed by atoms with van der Waals surface area (Å²) in [4.78, 5) is 17.6. The fraction of sp³-hybridized carbons (Fsp3) is 0.444. The molecule has 0 bridgehead atoms. The summed E-state index contributed by atoms with van der Waals surface area (Å²) in [5.74, 6) is 1.06. The lowest BCUT2D eigenvalue weighted by atomic mass is 10.4. The first-order valence-electron chi connectivity index (χ1n) is 5.14. The van der Waals surface area contributed by atoms with E-state index < -0.39 is 0 Å². The van der Waals surface area contributed by atoms with E-state index in [1.807, 2.05) is 0 Å². The zero-order chi connectivity index (χ0) is 11.0. The number of hydrogen-bond donors (Lipinski definition) is 2. The fourth-order valence-corrected chi connectivity index (χ4v) is 1.84. The van der Waals surface area contributed by atoms with Crippen LogP contribution in [0.15, 0.2) is 6.33 Å². The van der Waals surface area contributed by atoms with Gasteiger partial charge < -0.3 is 20.4 Å². The van der Waals surface area contributed by atoms with Crippen LogP contribution in [-0.4, -0.2) is 46.2 Å². The Morgan fingerprint density at radius 3 is 2.94 bits per heavy atom. The summed E-state index contributed by atoms with van der Waals surface area (Å²) >= 11 is 0. The van der Waals surface area contributed by atoms with Gasteiger partial charge in [0, 0.05) is 13.1 Å². The van der Waals surface area contributed by atoms with Gasteiger partial charge in [-0.25, -0.2) is 4.98 Å². The van der Waals surface area contributed by atoms with E-state index in [4.69, 9.17) is 10.5 Å². The van der Waals surface area contributed by atoms with Gasteiger partial charge in [0.05, 0.1) is 19.5 Å². The minimum atomic E-state index is 0.251. The van der Waals surface area contributed by atoms with Crippen LogP contribution in [0.1, 0.15) is 0 Å². The maximum Gasteiger partial charge on any atom is 0.224 e. The van der Waals surface area contributed by atoms with Gasteiger partial charge in [-0.1, -0.05) is 0 Å². The van der Waals surface area contributed by atoms with Crippen molar-refractivity contribution in [2.75, 3.05) is 36.9 Å². The molecule has 1 aliphatic heterocycles. The smallest absolute Gasteiger partial charge is 0.224 e. The van der Waals surface area contributed by atoms with Gasteiger partial charge in [0.1, 0.15) is 5.52 Å². The molecule has 0 radical (unpaired) electrons. The Morgan fingerprint density at radius 2 is 2.12 bits per heavy atom. The van der Waals surface area contributed by atoms with Crippen LogP contribution in [0.5, 0.6) is 0 Å². The predicted octanol–water partition coefficient (Wildman–Crippen LogP) is -0.228. The van der Waals surface area contributed by atoms with Crippen LogP contribution in [0.3, 0.4) is 0 Å². The van der Waals surface area contributed by atoms with Gasteiger partial charge in [-0.2, -0.15) is 9.97 Å². The molecule has 3 heterocycles. The number of nitrogen functional groups attached to an aromatic ring is 1. The summed E-state index contributed by atoms with van der Waals surface area (Å²) in [6.45, 7) is 3.04. The summed E-state index contributed by atoms with van der Waals surface area (Å²) in [5, 5.41) is 0. The lowest BCUT2D eigenvalue weighted by molar-refractivity contribution is 0.122. The molecule has 2 aromatic heterocycles. The monoisotopic (exact) mass is 220 g/mol. The Morgan fingerprint density at radius 1 is 1.31 bits per heavy atom. The average Bonchev–Trinajstić information content (AvgIpc) is 2.77. The van der Waals surface area contributed by atoms with Gasteiger partial charge in [0.15, 0.2) is 11.5 Å². The molecule has 7 nitrogen and oxygen atoms in total. The topological polar surface area (TPSA) is 92.9 Å². The number of H-pyrrole nitrogens is 1. The molecule has 0 aromatic carbocycles. The van der Waals surface area contributed by atoms with Gasteiger partial charge in [0.2, 0.25) is 5.95 Å². The van der Waals surface area contributed by atoms with E-state index in [9.17, 15) is 0 Å². The molecule has 2 aromatic rings. The average molecular weight is 220 g/mol. The number of hydrogen-bond acceptors (Lipinski definition) is 6. The minimum absolute atomic E-state index is 0.251. The molecular weight excluding hydrogens is 208 g/mol. The van der Waals surface area contributed by atoms with Crippen molar-refractivity contribution >= 4 is 22.9 Å². The number of morpholine rings is 1. The normalized spacial score (nSPS) is 16.9. The Labute approximate surface area is 91.6 Å². The zero-order valence-corrected chi connectivity index (χ0v) is 8.68. The molecule has 3 N–H and O–H groups in total. The third-order valence-corrected chi connectivity index (χ3v) is 2.59. The Kier molecular flexibility index (Phi) is 2.10. The SMILES string of the molecule is Nc1nc(N2CCOCC2)c2[nH]cnc2n1. The first-order valence-corrected chi connectivity index (χ1v) is 5.14. The van der Waals surface area contributed by atoms with Gasteiger partial charge >= 0.3 is 0 Å². The maximum atomic E-state index is 5.66. The van der Waals surface area contributed by atoms with Crippen LogP contribution in [0.25, 0.3) is 11.2 Å². The number of nitrogens with two attached hydrogens (primary N) is 1. The third-order valence-electron chi connectivity index (χ3n) is 2.59. The number of nitrogens with one attached hydrogen (secondary N) is 1. The molecular formula is C9H12N6O. The number of fused-ring (bicyclic) bond motifs is 1. The van der Waals surface area contributed by atoms with Crippen LogP contribution in [-0.2, 0) is 4.74 Å². The molecule has 0 atom stereocenters. The quantitative estimate of drug-likeness (QED) is 0.689. The van der Waals surface area contributed by atoms with Crippen molar-refractivity contribution in [1.29, 1.82) is 0 Å². The molecule has 0 saturated carbocycles. The molecule has 0 spiro atoms. The lowest BCUT2D eigenvalue weighted by Gasteiger charge is -2.27. The number of rotatable bonds is 1. The van der Waals surface area contributed by atoms with E-state index in [1.54, 1.807) is 6.33 Å². The second kappa shape index (κ2) is 3.60. The van der Waals surface area contributed by atoms with Crippen molar-refractivity contribution in [2.45, 2.75) is 0 Å². The van der Waals surface area contributed by atoms with Crippen molar-refractivity contribution < 1.29 is 4.74 Å². The third kappa shape index (κ3) is 1.45. The number of ether oxygens (including phenoxy) is 1. The Hall–Kier alpha value is -1.89. The summed E-state index contributed by atoms with van der Waals surface area (Å²) < 4.78 is 5.30. The highest BCUT2D eigenvalue weighted by Gasteiger charge is 2.17. The van der Waals surface area contributed by atoms with E-state index >= 15 is 0 Å². The van der Waals surface area contributed by atoms with E-state index in [1.165, 1.54) is 0 Å². The highest BCUT2D eigenvalue weighted by Crippen LogP contribution is 2.22. The van der Waals surface area contributed by atoms with Crippen molar-refractivity contribution in [1.82, 2.24) is 19.9 Å².